The van der Waals surface area contributed by atoms with E-state index in [0.29, 0.717) is 0 Å². The van der Waals surface area contributed by atoms with Crippen molar-refractivity contribution in [2.45, 2.75) is 31.6 Å². The van der Waals surface area contributed by atoms with Crippen molar-refractivity contribution >= 4 is 10.0 Å². The highest BCUT2D eigenvalue weighted by atomic mass is 32.2. The van der Waals surface area contributed by atoms with Crippen LogP contribution in [0.25, 0.3) is 0 Å². The molecule has 1 aromatic carbocycles. The zero-order chi connectivity index (χ0) is 13.1. The molecule has 0 aliphatic carbocycles. The summed E-state index contributed by atoms with van der Waals surface area (Å²) in [5.74, 6) is 0. The second-order valence-corrected chi connectivity index (χ2v) is 7.33. The van der Waals surface area contributed by atoms with Gasteiger partial charge < -0.3 is 0 Å². The number of hydrogen-bond acceptors (Lipinski definition) is 2. The van der Waals surface area contributed by atoms with E-state index in [1.807, 2.05) is 30.3 Å². The van der Waals surface area contributed by atoms with Crippen molar-refractivity contribution in [3.05, 3.63) is 48.6 Å². The third kappa shape index (κ3) is 3.41. The Balaban J connectivity index is 2.98. The molecule has 0 spiro atoms. The van der Waals surface area contributed by atoms with Crippen LogP contribution in [-0.2, 0) is 10.0 Å². The summed E-state index contributed by atoms with van der Waals surface area (Å²) in [4.78, 5) is 0. The predicted molar refractivity (Wildman–Crippen MR) is 71.2 cm³/mol. The molecule has 0 saturated heterocycles. The summed E-state index contributed by atoms with van der Waals surface area (Å²) in [5, 5.41) is 0. The summed E-state index contributed by atoms with van der Waals surface area (Å²) in [6.45, 7) is 8.68. The molecule has 0 bridgehead atoms. The van der Waals surface area contributed by atoms with Crippen molar-refractivity contribution in [1.29, 1.82) is 0 Å². The fraction of sp³-hybridized carbons (Fsp3) is 0.385. The average molecular weight is 253 g/mol. The van der Waals surface area contributed by atoms with E-state index >= 15 is 0 Å². The van der Waals surface area contributed by atoms with Gasteiger partial charge in [-0.15, -0.1) is 6.58 Å². The molecular formula is C13H19NO2S. The van der Waals surface area contributed by atoms with Crippen LogP contribution in [0.5, 0.6) is 0 Å². The van der Waals surface area contributed by atoms with Gasteiger partial charge in [-0.05, 0) is 26.3 Å². The average Bonchev–Trinajstić information content (AvgIpc) is 2.25. The topological polar surface area (TPSA) is 46.2 Å². The van der Waals surface area contributed by atoms with E-state index in [1.54, 1.807) is 26.8 Å². The Morgan fingerprint density at radius 2 is 1.76 bits per heavy atom. The molecule has 17 heavy (non-hydrogen) atoms. The Bertz CT molecular complexity index is 472. The molecule has 3 nitrogen and oxygen atoms in total. The van der Waals surface area contributed by atoms with Gasteiger partial charge >= 0.3 is 0 Å². The maximum atomic E-state index is 12.0. The van der Waals surface area contributed by atoms with Crippen LogP contribution in [0.15, 0.2) is 43.0 Å². The van der Waals surface area contributed by atoms with Crippen molar-refractivity contribution in [2.24, 2.45) is 0 Å². The molecule has 4 heteroatoms. The van der Waals surface area contributed by atoms with Crippen molar-refractivity contribution in [2.75, 3.05) is 0 Å². The second-order valence-electron chi connectivity index (χ2n) is 4.86. The highest BCUT2D eigenvalue weighted by molar-refractivity contribution is 7.90. The minimum absolute atomic E-state index is 0.388. The van der Waals surface area contributed by atoms with E-state index in [9.17, 15) is 8.42 Å². The molecule has 0 aliphatic rings. The molecule has 0 unspecified atom stereocenters. The first-order valence-corrected chi connectivity index (χ1v) is 6.95. The van der Waals surface area contributed by atoms with Crippen LogP contribution in [0.2, 0.25) is 0 Å². The SMILES string of the molecule is C=C[C@H](NS(=O)(=O)C(C)(C)C)c1ccccc1. The van der Waals surface area contributed by atoms with E-state index in [4.69, 9.17) is 0 Å². The van der Waals surface area contributed by atoms with Gasteiger partial charge in [-0.25, -0.2) is 13.1 Å². The summed E-state index contributed by atoms with van der Waals surface area (Å²) < 4.78 is 25.9. The summed E-state index contributed by atoms with van der Waals surface area (Å²) in [6, 6.07) is 8.99. The first-order chi connectivity index (χ1) is 7.78. The van der Waals surface area contributed by atoms with Crippen LogP contribution in [0.1, 0.15) is 32.4 Å². The van der Waals surface area contributed by atoms with Gasteiger partial charge in [0.05, 0.1) is 10.8 Å². The molecule has 1 atom stereocenters. The normalized spacial score (nSPS) is 14.3. The molecule has 0 aliphatic heterocycles. The molecule has 94 valence electrons. The molecule has 0 fully saturated rings. The van der Waals surface area contributed by atoms with E-state index in [0.717, 1.165) is 5.56 Å². The molecular weight excluding hydrogens is 234 g/mol. The molecule has 1 rings (SSSR count). The molecule has 1 N–H and O–H groups in total. The minimum atomic E-state index is -3.38. The maximum absolute atomic E-state index is 12.0. The summed E-state index contributed by atoms with van der Waals surface area (Å²) in [6.07, 6.45) is 1.60. The van der Waals surface area contributed by atoms with Crippen molar-refractivity contribution in [3.8, 4) is 0 Å². The lowest BCUT2D eigenvalue weighted by atomic mass is 10.1. The van der Waals surface area contributed by atoms with Crippen LogP contribution >= 0.6 is 0 Å². The molecule has 0 aromatic heterocycles. The van der Waals surface area contributed by atoms with Gasteiger partial charge in [-0.3, -0.25) is 0 Å². The van der Waals surface area contributed by atoms with Crippen LogP contribution in [0, 0.1) is 0 Å². The Kier molecular flexibility index (Phi) is 4.11. The fourth-order valence-corrected chi connectivity index (χ4v) is 2.18. The Morgan fingerprint density at radius 3 is 2.18 bits per heavy atom. The molecule has 0 radical (unpaired) electrons. The predicted octanol–water partition coefficient (Wildman–Crippen LogP) is 2.63. The number of benzene rings is 1. The number of sulfonamides is 1. The number of hydrogen-bond donors (Lipinski definition) is 1. The van der Waals surface area contributed by atoms with Crippen molar-refractivity contribution in [1.82, 2.24) is 4.72 Å². The van der Waals surface area contributed by atoms with Gasteiger partial charge in [0, 0.05) is 0 Å². The lowest BCUT2D eigenvalue weighted by Crippen LogP contribution is -2.40. The van der Waals surface area contributed by atoms with Gasteiger partial charge in [0.15, 0.2) is 0 Å². The zero-order valence-electron chi connectivity index (χ0n) is 10.5. The third-order valence-electron chi connectivity index (χ3n) is 2.48. The molecule has 1 aromatic rings. The van der Waals surface area contributed by atoms with Crippen LogP contribution < -0.4 is 4.72 Å². The first-order valence-electron chi connectivity index (χ1n) is 5.47. The number of nitrogens with one attached hydrogen (secondary N) is 1. The zero-order valence-corrected chi connectivity index (χ0v) is 11.3. The lowest BCUT2D eigenvalue weighted by molar-refractivity contribution is 0.538. The van der Waals surface area contributed by atoms with E-state index in [1.165, 1.54) is 0 Å². The van der Waals surface area contributed by atoms with E-state index < -0.39 is 14.8 Å². The van der Waals surface area contributed by atoms with Crippen molar-refractivity contribution in [3.63, 3.8) is 0 Å². The summed E-state index contributed by atoms with van der Waals surface area (Å²) in [5.41, 5.74) is 0.885. The highest BCUT2D eigenvalue weighted by Crippen LogP contribution is 2.20. The smallest absolute Gasteiger partial charge is 0.212 e. The first kappa shape index (κ1) is 13.9. The third-order valence-corrected chi connectivity index (χ3v) is 4.66. The van der Waals surface area contributed by atoms with Crippen molar-refractivity contribution < 1.29 is 8.42 Å². The number of rotatable bonds is 4. The quantitative estimate of drug-likeness (QED) is 0.838. The standard InChI is InChI=1S/C13H19NO2S/c1-5-12(11-9-7-6-8-10-11)14-17(15,16)13(2,3)4/h5-10,12,14H,1H2,2-4H3/t12-/m0/s1. The summed E-state index contributed by atoms with van der Waals surface area (Å²) in [7, 11) is -3.38. The largest absolute Gasteiger partial charge is 0.217 e. The van der Waals surface area contributed by atoms with E-state index in [2.05, 4.69) is 11.3 Å². The fourth-order valence-electron chi connectivity index (χ4n) is 1.26. The molecule has 0 amide bonds. The monoisotopic (exact) mass is 253 g/mol. The van der Waals surface area contributed by atoms with Crippen LogP contribution in [-0.4, -0.2) is 13.2 Å². The van der Waals surface area contributed by atoms with Gasteiger partial charge in [0.1, 0.15) is 0 Å². The van der Waals surface area contributed by atoms with Gasteiger partial charge in [-0.1, -0.05) is 36.4 Å². The van der Waals surface area contributed by atoms with E-state index in [-0.39, 0.29) is 6.04 Å². The Hall–Kier alpha value is -1.13. The lowest BCUT2D eigenvalue weighted by Gasteiger charge is -2.23. The maximum Gasteiger partial charge on any atom is 0.217 e. The van der Waals surface area contributed by atoms with Crippen LogP contribution in [0.3, 0.4) is 0 Å². The van der Waals surface area contributed by atoms with Gasteiger partial charge in [0.2, 0.25) is 10.0 Å². The second kappa shape index (κ2) is 5.02. The Morgan fingerprint density at radius 1 is 1.24 bits per heavy atom. The molecule has 0 heterocycles. The Labute approximate surface area is 104 Å². The van der Waals surface area contributed by atoms with Crippen LogP contribution in [0.4, 0.5) is 0 Å². The van der Waals surface area contributed by atoms with Gasteiger partial charge in [-0.2, -0.15) is 0 Å². The van der Waals surface area contributed by atoms with Gasteiger partial charge in [0.25, 0.3) is 0 Å². The molecule has 0 saturated carbocycles. The summed E-state index contributed by atoms with van der Waals surface area (Å²) >= 11 is 0. The highest BCUT2D eigenvalue weighted by Gasteiger charge is 2.30. The minimum Gasteiger partial charge on any atom is -0.212 e.